The van der Waals surface area contributed by atoms with Gasteiger partial charge in [-0.25, -0.2) is 8.78 Å². The number of ether oxygens (including phenoxy) is 2. The van der Waals surface area contributed by atoms with E-state index >= 15 is 4.39 Å². The average Bonchev–Trinajstić information content (AvgIpc) is 2.88. The standard InChI is InChI=1S/C30H26F6O2/c1-2-3-19-4-6-20(7-5-19)21-8-14-25(27(31)16-21)22-9-15-26(28(32)17-22)30(35,36)38-24-12-10-23(11-13-24)37-18-29(33)34/h2-3,8-20H,4-7H2,1H3/b3-2+. The van der Waals surface area contributed by atoms with Gasteiger partial charge in [0.2, 0.25) is 0 Å². The van der Waals surface area contributed by atoms with E-state index in [4.69, 9.17) is 0 Å². The molecule has 1 fully saturated rings. The lowest BCUT2D eigenvalue weighted by Gasteiger charge is -2.27. The molecule has 2 nitrogen and oxygen atoms in total. The fraction of sp³-hybridized carbons (Fsp3) is 0.267. The minimum absolute atomic E-state index is 0.0293. The van der Waals surface area contributed by atoms with Crippen molar-refractivity contribution in [2.45, 2.75) is 44.6 Å². The molecule has 3 aromatic carbocycles. The molecular formula is C30H26F6O2. The minimum atomic E-state index is -4.05. The van der Waals surface area contributed by atoms with Gasteiger partial charge in [-0.2, -0.15) is 17.6 Å². The highest BCUT2D eigenvalue weighted by atomic mass is 19.3. The van der Waals surface area contributed by atoms with Gasteiger partial charge >= 0.3 is 12.2 Å². The van der Waals surface area contributed by atoms with Crippen LogP contribution in [0.3, 0.4) is 0 Å². The smallest absolute Gasteiger partial charge is 0.429 e. The summed E-state index contributed by atoms with van der Waals surface area (Å²) in [5, 5.41) is 0. The molecule has 0 aliphatic heterocycles. The number of hydrogen-bond donors (Lipinski definition) is 0. The molecule has 0 amide bonds. The van der Waals surface area contributed by atoms with Crippen LogP contribution in [0.4, 0.5) is 26.3 Å². The second-order valence-electron chi connectivity index (χ2n) is 9.19. The summed E-state index contributed by atoms with van der Waals surface area (Å²) in [6.45, 7) is 2.00. The zero-order valence-corrected chi connectivity index (χ0v) is 20.6. The molecule has 38 heavy (non-hydrogen) atoms. The van der Waals surface area contributed by atoms with E-state index < -0.39 is 29.4 Å². The molecule has 0 saturated heterocycles. The Morgan fingerprint density at radius 2 is 1.53 bits per heavy atom. The lowest BCUT2D eigenvalue weighted by molar-refractivity contribution is -0.187. The van der Waals surface area contributed by atoms with Gasteiger partial charge in [-0.3, -0.25) is 0 Å². The summed E-state index contributed by atoms with van der Waals surface area (Å²) in [5.41, 5.74) is 0.0846. The number of benzene rings is 3. The molecule has 0 bridgehead atoms. The molecule has 0 heterocycles. The first-order valence-electron chi connectivity index (χ1n) is 12.2. The van der Waals surface area contributed by atoms with Crippen molar-refractivity contribution in [1.82, 2.24) is 0 Å². The van der Waals surface area contributed by atoms with Gasteiger partial charge in [0.05, 0.1) is 5.56 Å². The van der Waals surface area contributed by atoms with Gasteiger partial charge in [0.25, 0.3) is 0 Å². The largest absolute Gasteiger partial charge is 0.459 e. The number of hydrogen-bond acceptors (Lipinski definition) is 2. The van der Waals surface area contributed by atoms with Crippen LogP contribution in [0.15, 0.2) is 85.2 Å². The lowest BCUT2D eigenvalue weighted by Crippen LogP contribution is -2.23. The first-order chi connectivity index (χ1) is 18.2. The number of halogens is 6. The van der Waals surface area contributed by atoms with Crippen LogP contribution in [0.2, 0.25) is 0 Å². The lowest BCUT2D eigenvalue weighted by atomic mass is 9.78. The van der Waals surface area contributed by atoms with Crippen LogP contribution in [0.5, 0.6) is 11.5 Å². The van der Waals surface area contributed by atoms with Gasteiger partial charge in [0, 0.05) is 5.56 Å². The third kappa shape index (κ3) is 6.60. The molecule has 0 N–H and O–H groups in total. The summed E-state index contributed by atoms with van der Waals surface area (Å²) in [7, 11) is 0. The third-order valence-corrected chi connectivity index (χ3v) is 6.65. The zero-order chi connectivity index (χ0) is 27.3. The highest BCUT2D eigenvalue weighted by Gasteiger charge is 2.38. The second-order valence-corrected chi connectivity index (χ2v) is 9.19. The molecule has 0 aromatic heterocycles. The predicted octanol–water partition coefficient (Wildman–Crippen LogP) is 9.73. The first-order valence-corrected chi connectivity index (χ1v) is 12.2. The Hall–Kier alpha value is -3.68. The molecular weight excluding hydrogens is 506 g/mol. The van der Waals surface area contributed by atoms with Crippen molar-refractivity contribution in [3.8, 4) is 22.6 Å². The van der Waals surface area contributed by atoms with Crippen LogP contribution in [0, 0.1) is 17.6 Å². The van der Waals surface area contributed by atoms with Gasteiger partial charge in [0.15, 0.2) is 6.26 Å². The topological polar surface area (TPSA) is 18.5 Å². The van der Waals surface area contributed by atoms with Gasteiger partial charge < -0.3 is 9.47 Å². The van der Waals surface area contributed by atoms with Gasteiger partial charge in [-0.15, -0.1) is 0 Å². The van der Waals surface area contributed by atoms with Gasteiger partial charge in [-0.05, 0) is 98.0 Å². The van der Waals surface area contributed by atoms with Crippen molar-refractivity contribution in [2.75, 3.05) is 0 Å². The Bertz CT molecular complexity index is 1300. The molecule has 0 radical (unpaired) electrons. The summed E-state index contributed by atoms with van der Waals surface area (Å²) in [6.07, 6.45) is 2.33. The quantitative estimate of drug-likeness (QED) is 0.163. The molecule has 0 unspecified atom stereocenters. The van der Waals surface area contributed by atoms with E-state index in [9.17, 15) is 22.0 Å². The highest BCUT2D eigenvalue weighted by Crippen LogP contribution is 2.39. The Morgan fingerprint density at radius 1 is 0.842 bits per heavy atom. The fourth-order valence-corrected chi connectivity index (χ4v) is 4.76. The van der Waals surface area contributed by atoms with Crippen LogP contribution < -0.4 is 9.47 Å². The Morgan fingerprint density at radius 3 is 2.13 bits per heavy atom. The summed E-state index contributed by atoms with van der Waals surface area (Å²) in [6, 6.07) is 12.2. The van der Waals surface area contributed by atoms with Crippen molar-refractivity contribution < 1.29 is 35.8 Å². The van der Waals surface area contributed by atoms with Gasteiger partial charge in [-0.1, -0.05) is 30.4 Å². The maximum absolute atomic E-state index is 15.0. The SMILES string of the molecule is C/C=C/C1CCC(c2ccc(-c3ccc(C(F)(F)Oc4ccc(OC=C(F)F)cc4)c(F)c3)c(F)c2)CC1. The van der Waals surface area contributed by atoms with Crippen LogP contribution in [0.25, 0.3) is 11.1 Å². The first kappa shape index (κ1) is 27.4. The monoisotopic (exact) mass is 532 g/mol. The van der Waals surface area contributed by atoms with Crippen LogP contribution in [0.1, 0.15) is 49.7 Å². The second kappa shape index (κ2) is 11.8. The van der Waals surface area contributed by atoms with E-state index in [1.807, 2.05) is 13.0 Å². The Labute approximate surface area is 217 Å². The maximum atomic E-state index is 15.0. The van der Waals surface area contributed by atoms with Crippen molar-refractivity contribution in [1.29, 1.82) is 0 Å². The summed E-state index contributed by atoms with van der Waals surface area (Å²) >= 11 is 0. The van der Waals surface area contributed by atoms with E-state index in [2.05, 4.69) is 21.6 Å². The van der Waals surface area contributed by atoms with E-state index in [1.165, 1.54) is 12.1 Å². The molecule has 0 spiro atoms. The minimum Gasteiger partial charge on any atom is -0.459 e. The molecule has 1 saturated carbocycles. The third-order valence-electron chi connectivity index (χ3n) is 6.65. The average molecular weight is 533 g/mol. The van der Waals surface area contributed by atoms with Crippen molar-refractivity contribution in [2.24, 2.45) is 5.92 Å². The van der Waals surface area contributed by atoms with Crippen LogP contribution in [-0.4, -0.2) is 0 Å². The fourth-order valence-electron chi connectivity index (χ4n) is 4.76. The van der Waals surface area contributed by atoms with E-state index in [0.717, 1.165) is 67.6 Å². The normalized spacial score (nSPS) is 17.9. The van der Waals surface area contributed by atoms with Crippen LogP contribution >= 0.6 is 0 Å². The Balaban J connectivity index is 1.47. The van der Waals surface area contributed by atoms with E-state index in [-0.39, 0.29) is 34.8 Å². The maximum Gasteiger partial charge on any atom is 0.429 e. The van der Waals surface area contributed by atoms with E-state index in [0.29, 0.717) is 5.92 Å². The Kier molecular flexibility index (Phi) is 8.49. The summed E-state index contributed by atoms with van der Waals surface area (Å²) in [5.74, 6) is -1.37. The number of allylic oxidation sites excluding steroid dienone is 2. The molecule has 0 atom stereocenters. The van der Waals surface area contributed by atoms with E-state index in [1.54, 1.807) is 6.07 Å². The summed E-state index contributed by atoms with van der Waals surface area (Å²) in [4.78, 5) is 0. The van der Waals surface area contributed by atoms with Crippen LogP contribution in [-0.2, 0) is 6.11 Å². The summed E-state index contributed by atoms with van der Waals surface area (Å²) < 4.78 is 92.7. The molecule has 1 aliphatic carbocycles. The molecule has 8 heteroatoms. The molecule has 200 valence electrons. The zero-order valence-electron chi connectivity index (χ0n) is 20.6. The van der Waals surface area contributed by atoms with Gasteiger partial charge in [0.1, 0.15) is 23.1 Å². The molecule has 4 rings (SSSR count). The highest BCUT2D eigenvalue weighted by molar-refractivity contribution is 5.65. The van der Waals surface area contributed by atoms with Crippen molar-refractivity contribution >= 4 is 0 Å². The molecule has 1 aliphatic rings. The number of alkyl halides is 2. The number of rotatable bonds is 8. The van der Waals surface area contributed by atoms with Crippen molar-refractivity contribution in [3.05, 3.63) is 108 Å². The molecule has 3 aromatic rings. The van der Waals surface area contributed by atoms with Crippen molar-refractivity contribution in [3.63, 3.8) is 0 Å². The predicted molar refractivity (Wildman–Crippen MR) is 133 cm³/mol.